The number of aromatic carboxylic acids is 1. The number of nitrogens with zero attached hydrogens (tertiary/aromatic N) is 1. The number of hydrogen-bond acceptors (Lipinski definition) is 12. The number of aromatic nitrogens is 1. The normalized spacial score (nSPS) is 10.9. The van der Waals surface area contributed by atoms with E-state index in [1.807, 2.05) is 102 Å². The van der Waals surface area contributed by atoms with Crippen LogP contribution in [0.2, 0.25) is 0 Å². The number of nitrogens with one attached hydrogen (secondary N) is 1. The van der Waals surface area contributed by atoms with Crippen LogP contribution < -0.4 is 23.7 Å². The predicted molar refractivity (Wildman–Crippen MR) is 215 cm³/mol. The van der Waals surface area contributed by atoms with Crippen LogP contribution in [0, 0.1) is 20.8 Å². The molecule has 14 nitrogen and oxygen atoms in total. The lowest BCUT2D eigenvalue weighted by Gasteiger charge is -2.07. The molecule has 7 rings (SSSR count). The molecule has 0 atom stereocenters. The third-order valence-corrected chi connectivity index (χ3v) is 10.5. The standard InChI is InChI=1S/C24H22N2O7S.C20H18O5/c1-15-19(12-22(32-15)24(27)26-34(28,29)23-13-25-33-16(23)2)14-31-21-10-6-18(7-11-21)17-4-8-20(30-3)9-5-17;1-13-16(11-19(25-13)20(21)22)12-24-18-9-5-15(6-10-18)14-3-7-17(23-2)8-4-14/h4-13H,14H2,1-3H3,(H,26,27);3-11H,12H2,1-2H3,(H,21,22). The second kappa shape index (κ2) is 18.3. The number of carbonyl (C=O) groups excluding carboxylic acids is 1. The van der Waals surface area contributed by atoms with Crippen LogP contribution in [0.15, 0.2) is 134 Å². The fraction of sp³-hybridized carbons (Fsp3) is 0.159. The molecule has 7 aromatic rings. The van der Waals surface area contributed by atoms with Crippen LogP contribution in [0.25, 0.3) is 22.3 Å². The van der Waals surface area contributed by atoms with E-state index >= 15 is 0 Å². The number of carbonyl (C=O) groups is 2. The highest BCUT2D eigenvalue weighted by Gasteiger charge is 2.26. The molecule has 3 heterocycles. The Morgan fingerprint density at radius 3 is 1.36 bits per heavy atom. The summed E-state index contributed by atoms with van der Waals surface area (Å²) in [5.74, 6) is 1.79. The Hall–Kier alpha value is -7.26. The quantitative estimate of drug-likeness (QED) is 0.106. The number of hydrogen-bond donors (Lipinski definition) is 2. The van der Waals surface area contributed by atoms with Gasteiger partial charge in [-0.25, -0.2) is 17.9 Å². The van der Waals surface area contributed by atoms with Gasteiger partial charge < -0.3 is 37.4 Å². The first-order valence-electron chi connectivity index (χ1n) is 18.0. The van der Waals surface area contributed by atoms with Gasteiger partial charge in [-0.15, -0.1) is 0 Å². The Morgan fingerprint density at radius 2 is 1.00 bits per heavy atom. The van der Waals surface area contributed by atoms with E-state index < -0.39 is 21.9 Å². The molecule has 3 aromatic heterocycles. The van der Waals surface area contributed by atoms with E-state index in [-0.39, 0.29) is 35.4 Å². The first kappa shape index (κ1) is 41.4. The zero-order chi connectivity index (χ0) is 42.1. The van der Waals surface area contributed by atoms with E-state index in [1.54, 1.807) is 28.1 Å². The van der Waals surface area contributed by atoms with Gasteiger partial charge in [-0.3, -0.25) is 4.79 Å². The zero-order valence-corrected chi connectivity index (χ0v) is 33.5. The average Bonchev–Trinajstić information content (AvgIpc) is 3.97. The van der Waals surface area contributed by atoms with E-state index in [2.05, 4.69) is 5.16 Å². The molecule has 0 spiro atoms. The summed E-state index contributed by atoms with van der Waals surface area (Å²) in [6, 6.07) is 33.8. The predicted octanol–water partition coefficient (Wildman–Crippen LogP) is 8.80. The van der Waals surface area contributed by atoms with E-state index in [1.165, 1.54) is 19.1 Å². The van der Waals surface area contributed by atoms with Gasteiger partial charge in [0, 0.05) is 11.1 Å². The summed E-state index contributed by atoms with van der Waals surface area (Å²) in [7, 11) is -0.873. The molecule has 0 bridgehead atoms. The Kier molecular flexibility index (Phi) is 12.9. The molecule has 1 amide bonds. The second-order valence-electron chi connectivity index (χ2n) is 13.0. The molecule has 304 valence electrons. The third kappa shape index (κ3) is 10.4. The summed E-state index contributed by atoms with van der Waals surface area (Å²) in [5.41, 5.74) is 5.56. The smallest absolute Gasteiger partial charge is 0.371 e. The van der Waals surface area contributed by atoms with Crippen LogP contribution in [-0.2, 0) is 23.2 Å². The van der Waals surface area contributed by atoms with Crippen molar-refractivity contribution in [1.82, 2.24) is 9.88 Å². The van der Waals surface area contributed by atoms with Crippen LogP contribution in [0.5, 0.6) is 23.0 Å². The van der Waals surface area contributed by atoms with Crippen molar-refractivity contribution in [2.75, 3.05) is 14.2 Å². The van der Waals surface area contributed by atoms with Crippen LogP contribution in [0.4, 0.5) is 0 Å². The molecule has 0 saturated carbocycles. The van der Waals surface area contributed by atoms with Crippen molar-refractivity contribution in [2.45, 2.75) is 38.9 Å². The van der Waals surface area contributed by atoms with E-state index in [4.69, 9.17) is 37.4 Å². The zero-order valence-electron chi connectivity index (χ0n) is 32.7. The molecule has 0 saturated heterocycles. The number of benzene rings is 4. The molecule has 59 heavy (non-hydrogen) atoms. The number of methoxy groups -OCH3 is 2. The molecule has 0 aliphatic carbocycles. The van der Waals surface area contributed by atoms with Gasteiger partial charge in [0.05, 0.1) is 20.4 Å². The van der Waals surface area contributed by atoms with Gasteiger partial charge in [0.25, 0.3) is 10.0 Å². The number of carboxylic acids is 1. The van der Waals surface area contributed by atoms with Crippen molar-refractivity contribution in [2.24, 2.45) is 0 Å². The van der Waals surface area contributed by atoms with Crippen LogP contribution in [0.1, 0.15) is 49.5 Å². The maximum Gasteiger partial charge on any atom is 0.371 e. The largest absolute Gasteiger partial charge is 0.497 e. The highest BCUT2D eigenvalue weighted by molar-refractivity contribution is 7.90. The SMILES string of the molecule is COc1ccc(-c2ccc(OCc3cc(C(=O)NS(=O)(=O)c4cnoc4C)oc3C)cc2)cc1.COc1ccc(-c2ccc(OCc3cc(C(=O)O)oc3C)cc2)cc1. The number of sulfonamides is 1. The van der Waals surface area contributed by atoms with Gasteiger partial charge in [-0.1, -0.05) is 53.7 Å². The van der Waals surface area contributed by atoms with Crippen molar-refractivity contribution < 1.29 is 55.4 Å². The van der Waals surface area contributed by atoms with Gasteiger partial charge in [0.15, 0.2) is 11.5 Å². The summed E-state index contributed by atoms with van der Waals surface area (Å²) in [4.78, 5) is 23.1. The van der Waals surface area contributed by atoms with Gasteiger partial charge in [-0.2, -0.15) is 0 Å². The number of carboxylic acid groups (broad SMARTS) is 1. The Balaban J connectivity index is 0.000000208. The summed E-state index contributed by atoms with van der Waals surface area (Å²) < 4.78 is 63.9. The summed E-state index contributed by atoms with van der Waals surface area (Å²) in [6.07, 6.45) is 1.03. The fourth-order valence-electron chi connectivity index (χ4n) is 5.69. The van der Waals surface area contributed by atoms with Gasteiger partial charge >= 0.3 is 11.9 Å². The van der Waals surface area contributed by atoms with E-state index in [9.17, 15) is 18.0 Å². The van der Waals surface area contributed by atoms with Crippen molar-refractivity contribution in [3.63, 3.8) is 0 Å². The minimum absolute atomic E-state index is 0.0722. The second-order valence-corrected chi connectivity index (χ2v) is 14.6. The number of ether oxygens (including phenoxy) is 4. The topological polar surface area (TPSA) is 190 Å². The Labute approximate surface area is 340 Å². The molecular weight excluding hydrogens is 781 g/mol. The monoisotopic (exact) mass is 820 g/mol. The summed E-state index contributed by atoms with van der Waals surface area (Å²) >= 11 is 0. The van der Waals surface area contributed by atoms with Gasteiger partial charge in [0.1, 0.15) is 52.6 Å². The highest BCUT2D eigenvalue weighted by atomic mass is 32.2. The molecule has 0 fully saturated rings. The molecule has 2 N–H and O–H groups in total. The van der Waals surface area contributed by atoms with Gasteiger partial charge in [-0.05, 0) is 104 Å². The maximum absolute atomic E-state index is 12.4. The lowest BCUT2D eigenvalue weighted by atomic mass is 10.1. The molecule has 15 heteroatoms. The number of rotatable bonds is 14. The lowest BCUT2D eigenvalue weighted by molar-refractivity contribution is 0.0660. The first-order chi connectivity index (χ1) is 28.3. The Morgan fingerprint density at radius 1 is 0.610 bits per heavy atom. The number of aryl methyl sites for hydroxylation is 3. The van der Waals surface area contributed by atoms with E-state index in [0.29, 0.717) is 28.6 Å². The molecule has 0 aliphatic heterocycles. The molecular formula is C44H40N2O12S. The Bertz CT molecular complexity index is 2620. The lowest BCUT2D eigenvalue weighted by Crippen LogP contribution is -2.30. The molecule has 0 unspecified atom stereocenters. The third-order valence-electron chi connectivity index (χ3n) is 9.04. The summed E-state index contributed by atoms with van der Waals surface area (Å²) in [6.45, 7) is 5.22. The van der Waals surface area contributed by atoms with Crippen LogP contribution in [-0.4, -0.2) is 44.8 Å². The number of furan rings is 2. The van der Waals surface area contributed by atoms with Crippen molar-refractivity contribution >= 4 is 21.9 Å². The minimum Gasteiger partial charge on any atom is -0.497 e. The van der Waals surface area contributed by atoms with Crippen LogP contribution >= 0.6 is 0 Å². The average molecular weight is 821 g/mol. The van der Waals surface area contributed by atoms with Crippen molar-refractivity contribution in [1.29, 1.82) is 0 Å². The van der Waals surface area contributed by atoms with Crippen LogP contribution in [0.3, 0.4) is 0 Å². The van der Waals surface area contributed by atoms with Crippen molar-refractivity contribution in [3.8, 4) is 45.3 Å². The fourth-order valence-corrected chi connectivity index (χ4v) is 6.75. The molecule has 4 aromatic carbocycles. The highest BCUT2D eigenvalue weighted by Crippen LogP contribution is 2.27. The maximum atomic E-state index is 12.4. The minimum atomic E-state index is -4.14. The van der Waals surface area contributed by atoms with Crippen molar-refractivity contribution in [3.05, 3.63) is 155 Å². The molecule has 0 radical (unpaired) electrons. The first-order valence-corrected chi connectivity index (χ1v) is 19.5. The van der Waals surface area contributed by atoms with Gasteiger partial charge in [0.2, 0.25) is 5.76 Å². The van der Waals surface area contributed by atoms with E-state index in [0.717, 1.165) is 45.5 Å². The molecule has 0 aliphatic rings. The number of amides is 1. The summed E-state index contributed by atoms with van der Waals surface area (Å²) in [5, 5.41) is 12.4.